The average molecular weight is 313 g/mol. The number of rotatable bonds is 5. The number of carbonyl (C=O) groups excluding carboxylic acids is 2. The molecule has 0 fully saturated rings. The number of urea groups is 1. The molecule has 0 saturated heterocycles. The van der Waals surface area contributed by atoms with Crippen molar-refractivity contribution in [1.82, 2.24) is 16.0 Å². The zero-order chi connectivity index (χ0) is 16.7. The van der Waals surface area contributed by atoms with Crippen LogP contribution in [0.4, 0.5) is 4.79 Å². The number of benzene rings is 1. The number of fused-ring (bicyclic) bond motifs is 1. The molecule has 1 aliphatic rings. The Kier molecular flexibility index (Phi) is 6.04. The summed E-state index contributed by atoms with van der Waals surface area (Å²) in [6.45, 7) is 2.00. The summed E-state index contributed by atoms with van der Waals surface area (Å²) < 4.78 is 0. The van der Waals surface area contributed by atoms with Crippen LogP contribution in [0.15, 0.2) is 18.2 Å². The number of amides is 3. The van der Waals surface area contributed by atoms with Crippen LogP contribution in [-0.4, -0.2) is 25.0 Å². The highest BCUT2D eigenvalue weighted by Gasteiger charge is 2.14. The summed E-state index contributed by atoms with van der Waals surface area (Å²) >= 11 is 0. The van der Waals surface area contributed by atoms with Gasteiger partial charge >= 0.3 is 6.03 Å². The molecule has 122 valence electrons. The van der Waals surface area contributed by atoms with E-state index in [-0.39, 0.29) is 31.1 Å². The molecule has 1 aromatic carbocycles. The molecular formula is C18H23N3O2. The highest BCUT2D eigenvalue weighted by atomic mass is 16.2. The summed E-state index contributed by atoms with van der Waals surface area (Å²) in [7, 11) is 0. The first-order chi connectivity index (χ1) is 11.1. The number of hydrogen-bond donors (Lipinski definition) is 3. The molecule has 3 N–H and O–H groups in total. The van der Waals surface area contributed by atoms with Crippen molar-refractivity contribution in [2.75, 3.05) is 13.1 Å². The van der Waals surface area contributed by atoms with Gasteiger partial charge in [0.2, 0.25) is 5.91 Å². The number of nitrogens with one attached hydrogen (secondary N) is 3. The molecule has 0 unspecified atom stereocenters. The van der Waals surface area contributed by atoms with Crippen LogP contribution in [0, 0.1) is 12.3 Å². The maximum absolute atomic E-state index is 11.9. The third kappa shape index (κ3) is 5.03. The molecule has 23 heavy (non-hydrogen) atoms. The first-order valence-corrected chi connectivity index (χ1v) is 7.96. The Labute approximate surface area is 137 Å². The topological polar surface area (TPSA) is 70.2 Å². The molecule has 0 saturated carbocycles. The average Bonchev–Trinajstić information content (AvgIpc) is 2.57. The summed E-state index contributed by atoms with van der Waals surface area (Å²) in [6, 6.07) is 5.92. The minimum Gasteiger partial charge on any atom is -0.344 e. The van der Waals surface area contributed by atoms with Crippen LogP contribution in [0.5, 0.6) is 0 Å². The smallest absolute Gasteiger partial charge is 0.315 e. The lowest BCUT2D eigenvalue weighted by Crippen LogP contribution is -2.42. The van der Waals surface area contributed by atoms with Gasteiger partial charge in [-0.1, -0.05) is 24.1 Å². The normalized spacial score (nSPS) is 14.1. The van der Waals surface area contributed by atoms with E-state index in [1.54, 1.807) is 0 Å². The van der Waals surface area contributed by atoms with Gasteiger partial charge < -0.3 is 16.0 Å². The van der Waals surface area contributed by atoms with E-state index >= 15 is 0 Å². The molecule has 0 heterocycles. The maximum atomic E-state index is 11.9. The van der Waals surface area contributed by atoms with E-state index < -0.39 is 0 Å². The second-order valence-corrected chi connectivity index (χ2v) is 5.76. The molecule has 0 bridgehead atoms. The Balaban J connectivity index is 1.84. The zero-order valence-corrected chi connectivity index (χ0v) is 13.4. The van der Waals surface area contributed by atoms with Crippen LogP contribution in [0.3, 0.4) is 0 Å². The number of terminal acetylenes is 1. The molecule has 3 amide bonds. The number of aryl methyl sites for hydroxylation is 2. The molecule has 0 aliphatic heterocycles. The minimum absolute atomic E-state index is 0.0928. The van der Waals surface area contributed by atoms with Gasteiger partial charge in [-0.3, -0.25) is 4.79 Å². The predicted octanol–water partition coefficient (Wildman–Crippen LogP) is 1.68. The third-order valence-corrected chi connectivity index (χ3v) is 4.02. The Bertz CT molecular complexity index is 619. The highest BCUT2D eigenvalue weighted by molar-refractivity contribution is 5.84. The summed E-state index contributed by atoms with van der Waals surface area (Å²) in [5.41, 5.74) is 3.89. The molecule has 0 aromatic heterocycles. The lowest BCUT2D eigenvalue weighted by atomic mass is 9.89. The fourth-order valence-corrected chi connectivity index (χ4v) is 2.73. The van der Waals surface area contributed by atoms with E-state index in [0.717, 1.165) is 18.4 Å². The van der Waals surface area contributed by atoms with Crippen molar-refractivity contribution in [2.24, 2.45) is 0 Å². The Morgan fingerprint density at radius 2 is 1.96 bits per heavy atom. The van der Waals surface area contributed by atoms with Gasteiger partial charge in [-0.2, -0.15) is 0 Å². The molecule has 1 aliphatic carbocycles. The second-order valence-electron chi connectivity index (χ2n) is 5.76. The molecule has 0 radical (unpaired) electrons. The molecule has 1 atom stereocenters. The van der Waals surface area contributed by atoms with Gasteiger partial charge in [-0.15, -0.1) is 6.42 Å². The molecule has 1 aromatic rings. The van der Waals surface area contributed by atoms with Crippen molar-refractivity contribution in [2.45, 2.75) is 38.6 Å². The SMILES string of the molecule is C#CCNC(=O)CNC(=O)N[C@H](C)c1ccc2c(c1)CCCC2. The van der Waals surface area contributed by atoms with Crippen LogP contribution >= 0.6 is 0 Å². The molecule has 2 rings (SSSR count). The number of hydrogen-bond acceptors (Lipinski definition) is 2. The van der Waals surface area contributed by atoms with Crippen molar-refractivity contribution in [1.29, 1.82) is 0 Å². The van der Waals surface area contributed by atoms with Crippen molar-refractivity contribution < 1.29 is 9.59 Å². The van der Waals surface area contributed by atoms with Gasteiger partial charge in [-0.05, 0) is 49.3 Å². The minimum atomic E-state index is -0.369. The first kappa shape index (κ1) is 16.9. The lowest BCUT2D eigenvalue weighted by molar-refractivity contribution is -0.119. The van der Waals surface area contributed by atoms with Crippen LogP contribution < -0.4 is 16.0 Å². The molecular weight excluding hydrogens is 290 g/mol. The molecule has 5 heteroatoms. The molecule has 5 nitrogen and oxygen atoms in total. The van der Waals surface area contributed by atoms with Crippen molar-refractivity contribution in [3.8, 4) is 12.3 Å². The highest BCUT2D eigenvalue weighted by Crippen LogP contribution is 2.24. The van der Waals surface area contributed by atoms with E-state index in [1.165, 1.54) is 24.0 Å². The van der Waals surface area contributed by atoms with E-state index in [2.05, 4.69) is 40.1 Å². The molecule has 0 spiro atoms. The van der Waals surface area contributed by atoms with Gasteiger partial charge in [0.15, 0.2) is 0 Å². The maximum Gasteiger partial charge on any atom is 0.315 e. The largest absolute Gasteiger partial charge is 0.344 e. The standard InChI is InChI=1S/C18H23N3O2/c1-3-10-19-17(22)12-20-18(23)21-13(2)15-9-8-14-6-4-5-7-16(14)11-15/h1,8-9,11,13H,4-7,10,12H2,2H3,(H,19,22)(H2,20,21,23)/t13-/m1/s1. The zero-order valence-electron chi connectivity index (χ0n) is 13.4. The van der Waals surface area contributed by atoms with Gasteiger partial charge in [0.05, 0.1) is 19.1 Å². The van der Waals surface area contributed by atoms with Crippen LogP contribution in [0.25, 0.3) is 0 Å². The van der Waals surface area contributed by atoms with E-state index in [4.69, 9.17) is 6.42 Å². The Morgan fingerprint density at radius 3 is 2.70 bits per heavy atom. The Morgan fingerprint density at radius 1 is 1.22 bits per heavy atom. The predicted molar refractivity (Wildman–Crippen MR) is 89.9 cm³/mol. The van der Waals surface area contributed by atoms with Crippen molar-refractivity contribution >= 4 is 11.9 Å². The summed E-state index contributed by atoms with van der Waals surface area (Å²) in [5.74, 6) is 2.00. The summed E-state index contributed by atoms with van der Waals surface area (Å²) in [5, 5.41) is 7.86. The fourth-order valence-electron chi connectivity index (χ4n) is 2.73. The van der Waals surface area contributed by atoms with Crippen LogP contribution in [0.1, 0.15) is 42.5 Å². The van der Waals surface area contributed by atoms with E-state index in [0.29, 0.717) is 0 Å². The van der Waals surface area contributed by atoms with Crippen molar-refractivity contribution in [3.63, 3.8) is 0 Å². The lowest BCUT2D eigenvalue weighted by Gasteiger charge is -2.20. The first-order valence-electron chi connectivity index (χ1n) is 7.96. The van der Waals surface area contributed by atoms with Crippen molar-refractivity contribution in [3.05, 3.63) is 34.9 Å². The van der Waals surface area contributed by atoms with Crippen LogP contribution in [-0.2, 0) is 17.6 Å². The van der Waals surface area contributed by atoms with Gasteiger partial charge in [-0.25, -0.2) is 4.79 Å². The van der Waals surface area contributed by atoms with Gasteiger partial charge in [0.25, 0.3) is 0 Å². The fraction of sp³-hybridized carbons (Fsp3) is 0.444. The van der Waals surface area contributed by atoms with Crippen LogP contribution in [0.2, 0.25) is 0 Å². The number of carbonyl (C=O) groups is 2. The van der Waals surface area contributed by atoms with E-state index in [9.17, 15) is 9.59 Å². The van der Waals surface area contributed by atoms with Gasteiger partial charge in [0.1, 0.15) is 0 Å². The van der Waals surface area contributed by atoms with E-state index in [1.807, 2.05) is 6.92 Å². The van der Waals surface area contributed by atoms with Gasteiger partial charge in [0, 0.05) is 0 Å². The second kappa shape index (κ2) is 8.23. The quantitative estimate of drug-likeness (QED) is 0.724. The summed E-state index contributed by atoms with van der Waals surface area (Å²) in [6.07, 6.45) is 9.78. The monoisotopic (exact) mass is 313 g/mol. The Hall–Kier alpha value is -2.48. The summed E-state index contributed by atoms with van der Waals surface area (Å²) in [4.78, 5) is 23.2. The third-order valence-electron chi connectivity index (χ3n) is 4.02.